The van der Waals surface area contributed by atoms with Crippen LogP contribution in [0.2, 0.25) is 0 Å². The van der Waals surface area contributed by atoms with E-state index >= 15 is 0 Å². The van der Waals surface area contributed by atoms with Gasteiger partial charge in [-0.3, -0.25) is 0 Å². The molecule has 1 N–H and O–H groups in total. The molecule has 1 rings (SSSR count). The summed E-state index contributed by atoms with van der Waals surface area (Å²) in [6, 6.07) is 5.88. The molecule has 0 heterocycles. The van der Waals surface area contributed by atoms with Crippen molar-refractivity contribution < 1.29 is 28.9 Å². The number of benzene rings is 1. The van der Waals surface area contributed by atoms with Crippen LogP contribution in [0.3, 0.4) is 0 Å². The van der Waals surface area contributed by atoms with Crippen molar-refractivity contribution >= 4 is 11.9 Å². The first-order valence-corrected chi connectivity index (χ1v) is 6.37. The molecule has 0 radical (unpaired) electrons. The molecule has 0 aliphatic rings. The number of hydrogen-bond donors (Lipinski definition) is 1. The molecule has 0 spiro atoms. The van der Waals surface area contributed by atoms with Gasteiger partial charge in [-0.1, -0.05) is 12.6 Å². The molecule has 6 nitrogen and oxygen atoms in total. The summed E-state index contributed by atoms with van der Waals surface area (Å²) in [4.78, 5) is 22.6. The number of rotatable bonds is 8. The van der Waals surface area contributed by atoms with Crippen molar-refractivity contribution in [2.75, 3.05) is 26.4 Å². The minimum absolute atomic E-state index is 0.0000260. The number of aromatic hydroxyl groups is 1. The Morgan fingerprint density at radius 3 is 2.43 bits per heavy atom. The van der Waals surface area contributed by atoms with E-state index in [0.29, 0.717) is 5.57 Å². The summed E-state index contributed by atoms with van der Waals surface area (Å²) in [7, 11) is 0. The van der Waals surface area contributed by atoms with Crippen LogP contribution >= 0.6 is 0 Å². The number of esters is 2. The van der Waals surface area contributed by atoms with Gasteiger partial charge in [-0.2, -0.15) is 0 Å². The van der Waals surface area contributed by atoms with Gasteiger partial charge in [0.1, 0.15) is 19.0 Å². The van der Waals surface area contributed by atoms with Crippen LogP contribution in [0, 0.1) is 0 Å². The molecule has 0 aliphatic heterocycles. The lowest BCUT2D eigenvalue weighted by Crippen LogP contribution is -2.14. The number of carbonyl (C=O) groups excluding carboxylic acids is 2. The van der Waals surface area contributed by atoms with Gasteiger partial charge in [0.15, 0.2) is 0 Å². The van der Waals surface area contributed by atoms with Crippen molar-refractivity contribution in [2.45, 2.75) is 6.92 Å². The fourth-order valence-electron chi connectivity index (χ4n) is 1.33. The Bertz CT molecular complexity index is 509. The van der Waals surface area contributed by atoms with E-state index in [9.17, 15) is 14.7 Å². The van der Waals surface area contributed by atoms with E-state index in [4.69, 9.17) is 14.2 Å². The van der Waals surface area contributed by atoms with Crippen molar-refractivity contribution in [2.24, 2.45) is 0 Å². The molecule has 114 valence electrons. The van der Waals surface area contributed by atoms with Crippen molar-refractivity contribution in [3.05, 3.63) is 42.0 Å². The van der Waals surface area contributed by atoms with Gasteiger partial charge < -0.3 is 19.3 Å². The molecule has 0 atom stereocenters. The first-order valence-electron chi connectivity index (χ1n) is 6.37. The van der Waals surface area contributed by atoms with Gasteiger partial charge in [0.05, 0.1) is 18.8 Å². The Hall–Kier alpha value is -2.34. The minimum Gasteiger partial charge on any atom is -0.508 e. The van der Waals surface area contributed by atoms with Crippen LogP contribution in [0.25, 0.3) is 0 Å². The number of carbonyl (C=O) groups is 2. The predicted molar refractivity (Wildman–Crippen MR) is 75.0 cm³/mol. The molecule has 1 aromatic rings. The Morgan fingerprint density at radius 1 is 1.14 bits per heavy atom. The molecule has 21 heavy (non-hydrogen) atoms. The Morgan fingerprint density at radius 2 is 1.81 bits per heavy atom. The highest BCUT2D eigenvalue weighted by Gasteiger charge is 2.07. The summed E-state index contributed by atoms with van der Waals surface area (Å²) >= 11 is 0. The van der Waals surface area contributed by atoms with Gasteiger partial charge in [0.2, 0.25) is 0 Å². The zero-order valence-electron chi connectivity index (χ0n) is 11.8. The van der Waals surface area contributed by atoms with Gasteiger partial charge in [-0.15, -0.1) is 0 Å². The second-order valence-electron chi connectivity index (χ2n) is 4.21. The lowest BCUT2D eigenvalue weighted by molar-refractivity contribution is -0.140. The molecular formula is C15H18O6. The first-order chi connectivity index (χ1) is 10.0. The number of phenols is 1. The SMILES string of the molecule is C=C(C)C(=O)OCCOCCOC(=O)c1cccc(O)c1. The number of phenolic OH excluding ortho intramolecular Hbond substituents is 1. The number of ether oxygens (including phenoxy) is 3. The van der Waals surface area contributed by atoms with Crippen LogP contribution in [0.4, 0.5) is 0 Å². The van der Waals surface area contributed by atoms with Crippen LogP contribution in [-0.4, -0.2) is 43.5 Å². The molecule has 0 amide bonds. The molecule has 0 bridgehead atoms. The highest BCUT2D eigenvalue weighted by molar-refractivity contribution is 5.89. The molecule has 0 saturated carbocycles. The van der Waals surface area contributed by atoms with E-state index in [1.807, 2.05) is 0 Å². The van der Waals surface area contributed by atoms with Crippen LogP contribution in [-0.2, 0) is 19.0 Å². The fourth-order valence-corrected chi connectivity index (χ4v) is 1.33. The van der Waals surface area contributed by atoms with Crippen LogP contribution in [0.5, 0.6) is 5.75 Å². The van der Waals surface area contributed by atoms with Gasteiger partial charge in [0.25, 0.3) is 0 Å². The summed E-state index contributed by atoms with van der Waals surface area (Å²) in [5, 5.41) is 9.23. The molecule has 0 aromatic heterocycles. The van der Waals surface area contributed by atoms with E-state index in [0.717, 1.165) is 0 Å². The first kappa shape index (κ1) is 16.7. The van der Waals surface area contributed by atoms with E-state index in [-0.39, 0.29) is 37.7 Å². The van der Waals surface area contributed by atoms with Crippen LogP contribution in [0.15, 0.2) is 36.4 Å². The summed E-state index contributed by atoms with van der Waals surface area (Å²) in [5.74, 6) is -1.00. The monoisotopic (exact) mass is 294 g/mol. The second kappa shape index (κ2) is 8.76. The Kier molecular flexibility index (Phi) is 6.97. The van der Waals surface area contributed by atoms with Gasteiger partial charge in [-0.05, 0) is 25.1 Å². The van der Waals surface area contributed by atoms with Crippen molar-refractivity contribution in [1.82, 2.24) is 0 Å². The summed E-state index contributed by atoms with van der Waals surface area (Å²) < 4.78 is 14.9. The highest BCUT2D eigenvalue weighted by atomic mass is 16.6. The van der Waals surface area contributed by atoms with E-state index < -0.39 is 11.9 Å². The third kappa shape index (κ3) is 6.58. The fraction of sp³-hybridized carbons (Fsp3) is 0.333. The van der Waals surface area contributed by atoms with Crippen molar-refractivity contribution in [3.8, 4) is 5.75 Å². The molecule has 0 aliphatic carbocycles. The van der Waals surface area contributed by atoms with E-state index in [2.05, 4.69) is 6.58 Å². The average Bonchev–Trinajstić information content (AvgIpc) is 2.45. The lowest BCUT2D eigenvalue weighted by atomic mass is 10.2. The minimum atomic E-state index is -0.539. The van der Waals surface area contributed by atoms with Crippen molar-refractivity contribution in [3.63, 3.8) is 0 Å². The second-order valence-corrected chi connectivity index (χ2v) is 4.21. The topological polar surface area (TPSA) is 82.1 Å². The maximum Gasteiger partial charge on any atom is 0.338 e. The van der Waals surface area contributed by atoms with E-state index in [1.54, 1.807) is 19.1 Å². The van der Waals surface area contributed by atoms with Crippen LogP contribution < -0.4 is 0 Å². The summed E-state index contributed by atoms with van der Waals surface area (Å²) in [6.45, 7) is 5.60. The maximum absolute atomic E-state index is 11.6. The quantitative estimate of drug-likeness (QED) is 0.446. The normalized spacial score (nSPS) is 9.95. The van der Waals surface area contributed by atoms with Gasteiger partial charge in [-0.25, -0.2) is 9.59 Å². The van der Waals surface area contributed by atoms with E-state index in [1.165, 1.54) is 12.1 Å². The summed E-state index contributed by atoms with van der Waals surface area (Å²) in [6.07, 6.45) is 0. The highest BCUT2D eigenvalue weighted by Crippen LogP contribution is 2.11. The molecule has 6 heteroatoms. The number of hydrogen-bond acceptors (Lipinski definition) is 6. The van der Waals surface area contributed by atoms with Gasteiger partial charge in [0, 0.05) is 5.57 Å². The predicted octanol–water partition coefficient (Wildman–Crippen LogP) is 1.68. The molecule has 0 unspecified atom stereocenters. The molecule has 0 fully saturated rings. The zero-order chi connectivity index (χ0) is 15.7. The smallest absolute Gasteiger partial charge is 0.338 e. The Labute approximate surface area is 122 Å². The third-order valence-electron chi connectivity index (χ3n) is 2.35. The van der Waals surface area contributed by atoms with Crippen LogP contribution in [0.1, 0.15) is 17.3 Å². The summed E-state index contributed by atoms with van der Waals surface area (Å²) in [5.41, 5.74) is 0.598. The average molecular weight is 294 g/mol. The Balaban J connectivity index is 2.10. The maximum atomic E-state index is 11.6. The molecule has 1 aromatic carbocycles. The van der Waals surface area contributed by atoms with Crippen molar-refractivity contribution in [1.29, 1.82) is 0 Å². The zero-order valence-corrected chi connectivity index (χ0v) is 11.8. The third-order valence-corrected chi connectivity index (χ3v) is 2.35. The standard InChI is InChI=1S/C15H18O6/c1-11(2)14(17)20-8-6-19-7-9-21-15(18)12-4-3-5-13(16)10-12/h3-5,10,16H,1,6-9H2,2H3. The molecular weight excluding hydrogens is 276 g/mol. The molecule has 0 saturated heterocycles. The van der Waals surface area contributed by atoms with Gasteiger partial charge >= 0.3 is 11.9 Å². The largest absolute Gasteiger partial charge is 0.508 e. The lowest BCUT2D eigenvalue weighted by Gasteiger charge is -2.07.